The molecule has 0 fully saturated rings. The maximum Gasteiger partial charge on any atom is 0.178 e. The summed E-state index contributed by atoms with van der Waals surface area (Å²) >= 11 is 0. The molecule has 0 saturated carbocycles. The second-order valence-electron chi connectivity index (χ2n) is 15.3. The van der Waals surface area contributed by atoms with E-state index in [9.17, 15) is 0 Å². The maximum atomic E-state index is 6.48. The molecule has 0 atom stereocenters. The quantitative estimate of drug-likeness (QED) is 0.129. The lowest BCUT2D eigenvalue weighted by atomic mass is 9.85. The van der Waals surface area contributed by atoms with Crippen LogP contribution in [-0.2, 0) is 0 Å². The first kappa shape index (κ1) is 35.2. The predicted octanol–water partition coefficient (Wildman–Crippen LogP) is 17.0. The zero-order valence-corrected chi connectivity index (χ0v) is 32.9. The second kappa shape index (κ2) is 14.5. The van der Waals surface area contributed by atoms with Gasteiger partial charge in [-0.1, -0.05) is 171 Å². The molecular weight excluding hydrogens is 729 g/mol. The molecule has 0 bridgehead atoms. The van der Waals surface area contributed by atoms with Gasteiger partial charge in [0.05, 0.1) is 0 Å². The predicted molar refractivity (Wildman–Crippen MR) is 256 cm³/mol. The Morgan fingerprint density at radius 1 is 0.283 bits per heavy atom. The molecule has 10 aromatic carbocycles. The van der Waals surface area contributed by atoms with Crippen molar-refractivity contribution < 1.29 is 8.83 Å². The van der Waals surface area contributed by atoms with Crippen molar-refractivity contribution >= 4 is 76.2 Å². The summed E-state index contributed by atoms with van der Waals surface area (Å²) in [5.41, 5.74) is 12.9. The normalized spacial score (nSPS) is 11.5. The Balaban J connectivity index is 0.000000980. The molecule has 2 nitrogen and oxygen atoms in total. The lowest BCUT2D eigenvalue weighted by Crippen LogP contribution is -1.91. The van der Waals surface area contributed by atoms with Crippen molar-refractivity contribution in [2.75, 3.05) is 0 Å². The van der Waals surface area contributed by atoms with Crippen LogP contribution in [0.5, 0.6) is 0 Å². The van der Waals surface area contributed by atoms with Crippen LogP contribution in [0.3, 0.4) is 0 Å². The molecule has 0 spiro atoms. The van der Waals surface area contributed by atoms with Crippen molar-refractivity contribution in [2.24, 2.45) is 0 Å². The van der Waals surface area contributed by atoms with E-state index >= 15 is 0 Å². The summed E-state index contributed by atoms with van der Waals surface area (Å²) < 4.78 is 12.8. The van der Waals surface area contributed by atoms with Gasteiger partial charge < -0.3 is 8.83 Å². The van der Waals surface area contributed by atoms with E-state index in [2.05, 4.69) is 189 Å². The summed E-state index contributed by atoms with van der Waals surface area (Å²) in [5, 5.41) is 11.8. The summed E-state index contributed by atoms with van der Waals surface area (Å²) in [7, 11) is 0. The Labute approximate surface area is 347 Å². The number of furan rings is 2. The molecule has 0 amide bonds. The first-order valence-corrected chi connectivity index (χ1v) is 20.3. The van der Waals surface area contributed by atoms with Crippen LogP contribution >= 0.6 is 0 Å². The van der Waals surface area contributed by atoms with Crippen molar-refractivity contribution in [3.05, 3.63) is 219 Å². The molecule has 0 aliphatic heterocycles. The van der Waals surface area contributed by atoms with E-state index in [4.69, 9.17) is 8.83 Å². The third kappa shape index (κ3) is 5.81. The van der Waals surface area contributed by atoms with E-state index in [-0.39, 0.29) is 0 Å². The fraction of sp³-hybridized carbons (Fsp3) is 0. The number of para-hydroxylation sites is 1. The highest BCUT2D eigenvalue weighted by Gasteiger charge is 2.19. The fourth-order valence-electron chi connectivity index (χ4n) is 9.02. The summed E-state index contributed by atoms with van der Waals surface area (Å²) in [6.07, 6.45) is 3.28. The van der Waals surface area contributed by atoms with Crippen LogP contribution in [-0.4, -0.2) is 0 Å². The highest BCUT2D eigenvalue weighted by Crippen LogP contribution is 2.45. The lowest BCUT2D eigenvalue weighted by molar-refractivity contribution is 0.633. The van der Waals surface area contributed by atoms with Crippen LogP contribution in [0.15, 0.2) is 228 Å². The molecule has 2 heteroatoms. The minimum absolute atomic E-state index is 0.792. The topological polar surface area (TPSA) is 26.3 Å². The van der Waals surface area contributed by atoms with Gasteiger partial charge in [0.25, 0.3) is 0 Å². The zero-order valence-electron chi connectivity index (χ0n) is 32.9. The monoisotopic (exact) mass is 766 g/mol. The number of benzene rings is 10. The standard InChI is InChI=1S/C54H32O2.C4H6/c1-2-12-34-29-37(24-23-33(34)11-1)35-13-9-15-39(30-35)51-42-18-3-5-20-44(42)52(45-21-6-4-19-43(45)51)40-16-10-14-36(31-40)38-25-28-50-48(32-38)47-27-26-46-41-17-7-8-22-49(41)55-53(46)54(47)56-50;1-3-4-2/h1-32H;3-4H,1-2H2. The van der Waals surface area contributed by atoms with Gasteiger partial charge in [0, 0.05) is 21.5 Å². The van der Waals surface area contributed by atoms with Crippen molar-refractivity contribution in [1.82, 2.24) is 0 Å². The molecule has 2 heterocycles. The van der Waals surface area contributed by atoms with Crippen LogP contribution in [0.4, 0.5) is 0 Å². The average Bonchev–Trinajstić information content (AvgIpc) is 3.89. The number of fused-ring (bicyclic) bond motifs is 10. The fourth-order valence-corrected chi connectivity index (χ4v) is 9.02. The zero-order chi connectivity index (χ0) is 40.2. The molecule has 0 N–H and O–H groups in total. The molecule has 0 aliphatic carbocycles. The Hall–Kier alpha value is -7.94. The lowest BCUT2D eigenvalue weighted by Gasteiger charge is -2.18. The van der Waals surface area contributed by atoms with Crippen LogP contribution in [0, 0.1) is 0 Å². The maximum absolute atomic E-state index is 6.48. The first-order valence-electron chi connectivity index (χ1n) is 20.3. The van der Waals surface area contributed by atoms with E-state index in [0.29, 0.717) is 0 Å². The van der Waals surface area contributed by atoms with Gasteiger partial charge in [-0.05, 0) is 125 Å². The third-order valence-corrected chi connectivity index (χ3v) is 11.8. The molecule has 12 rings (SSSR count). The SMILES string of the molecule is C=CC=C.c1cc(-c2ccc3ccccc3c2)cc(-c2c3ccccc3c(-c3cccc(-c4ccc5oc6c(ccc7c8ccccc8oc76)c5c4)c3)c3ccccc23)c1. The number of rotatable bonds is 5. The van der Waals surface area contributed by atoms with Crippen molar-refractivity contribution in [2.45, 2.75) is 0 Å². The third-order valence-electron chi connectivity index (χ3n) is 11.8. The summed E-state index contributed by atoms with van der Waals surface area (Å²) in [6, 6.07) is 70.1. The minimum Gasteiger partial charge on any atom is -0.452 e. The molecule has 0 aliphatic rings. The molecule has 0 unspecified atom stereocenters. The van der Waals surface area contributed by atoms with Gasteiger partial charge >= 0.3 is 0 Å². The molecule has 282 valence electrons. The van der Waals surface area contributed by atoms with Crippen LogP contribution in [0.25, 0.3) is 121 Å². The minimum atomic E-state index is 0.792. The van der Waals surface area contributed by atoms with E-state index in [1.165, 1.54) is 65.7 Å². The van der Waals surface area contributed by atoms with Crippen molar-refractivity contribution in [1.29, 1.82) is 0 Å². The smallest absolute Gasteiger partial charge is 0.178 e. The molecule has 2 aromatic heterocycles. The van der Waals surface area contributed by atoms with Crippen molar-refractivity contribution in [3.8, 4) is 44.5 Å². The van der Waals surface area contributed by atoms with Gasteiger partial charge in [0.2, 0.25) is 0 Å². The molecule has 0 radical (unpaired) electrons. The first-order chi connectivity index (χ1) is 29.7. The summed E-state index contributed by atoms with van der Waals surface area (Å²) in [4.78, 5) is 0. The Kier molecular flexibility index (Phi) is 8.49. The molecule has 60 heavy (non-hydrogen) atoms. The molecular formula is C58H38O2. The van der Waals surface area contributed by atoms with Gasteiger partial charge in [0.1, 0.15) is 11.2 Å². The number of hydrogen-bond acceptors (Lipinski definition) is 2. The molecule has 12 aromatic rings. The van der Waals surface area contributed by atoms with Gasteiger partial charge in [-0.3, -0.25) is 0 Å². The second-order valence-corrected chi connectivity index (χ2v) is 15.3. The Bertz CT molecular complexity index is 3590. The Morgan fingerprint density at radius 2 is 0.717 bits per heavy atom. The highest BCUT2D eigenvalue weighted by molar-refractivity contribution is 6.22. The largest absolute Gasteiger partial charge is 0.452 e. The van der Waals surface area contributed by atoms with E-state index in [1.807, 2.05) is 18.2 Å². The van der Waals surface area contributed by atoms with Gasteiger partial charge in [-0.15, -0.1) is 0 Å². The van der Waals surface area contributed by atoms with Crippen LogP contribution in [0.2, 0.25) is 0 Å². The number of hydrogen-bond donors (Lipinski definition) is 0. The van der Waals surface area contributed by atoms with Crippen LogP contribution < -0.4 is 0 Å². The molecule has 0 saturated heterocycles. The summed E-state index contributed by atoms with van der Waals surface area (Å²) in [5.74, 6) is 0. The highest BCUT2D eigenvalue weighted by atomic mass is 16.4. The Morgan fingerprint density at radius 3 is 1.30 bits per heavy atom. The average molecular weight is 767 g/mol. The van der Waals surface area contributed by atoms with Crippen molar-refractivity contribution in [3.63, 3.8) is 0 Å². The van der Waals surface area contributed by atoms with Gasteiger partial charge in [-0.2, -0.15) is 0 Å². The summed E-state index contributed by atoms with van der Waals surface area (Å²) in [6.45, 7) is 6.72. The van der Waals surface area contributed by atoms with Gasteiger partial charge in [-0.25, -0.2) is 0 Å². The van der Waals surface area contributed by atoms with E-state index in [1.54, 1.807) is 12.2 Å². The van der Waals surface area contributed by atoms with E-state index in [0.717, 1.165) is 55.0 Å². The number of allylic oxidation sites excluding steroid dienone is 2. The van der Waals surface area contributed by atoms with E-state index < -0.39 is 0 Å². The van der Waals surface area contributed by atoms with Crippen LogP contribution in [0.1, 0.15) is 0 Å². The van der Waals surface area contributed by atoms with Gasteiger partial charge in [0.15, 0.2) is 11.2 Å².